The standard InChI is InChI=1S/C15H22FN3O2/c1-19(2)14-6-5-11(8-13(14)16)9-17-15(20)18-10-12-4-3-7-21-12/h5-6,8,12H,3-4,7,9-10H2,1-2H3,(H2,17,18,20). The molecule has 1 aliphatic heterocycles. The SMILES string of the molecule is CN(C)c1ccc(CNC(=O)NCC2CCCO2)cc1F. The highest BCUT2D eigenvalue weighted by atomic mass is 19.1. The van der Waals surface area contributed by atoms with Crippen molar-refractivity contribution >= 4 is 11.7 Å². The highest BCUT2D eigenvalue weighted by molar-refractivity contribution is 5.73. The zero-order valence-electron chi connectivity index (χ0n) is 12.5. The Morgan fingerprint density at radius 2 is 2.24 bits per heavy atom. The van der Waals surface area contributed by atoms with Gasteiger partial charge in [-0.2, -0.15) is 0 Å². The van der Waals surface area contributed by atoms with Crippen molar-refractivity contribution in [3.8, 4) is 0 Å². The van der Waals surface area contributed by atoms with Crippen molar-refractivity contribution in [3.05, 3.63) is 29.6 Å². The number of anilines is 1. The Kier molecular flexibility index (Phi) is 5.38. The van der Waals surface area contributed by atoms with Crippen LogP contribution < -0.4 is 15.5 Å². The zero-order chi connectivity index (χ0) is 15.2. The molecule has 0 radical (unpaired) electrons. The Hall–Kier alpha value is -1.82. The van der Waals surface area contributed by atoms with Crippen molar-refractivity contribution in [1.29, 1.82) is 0 Å². The molecule has 1 unspecified atom stereocenters. The first-order chi connectivity index (χ1) is 10.1. The van der Waals surface area contributed by atoms with Crippen LogP contribution >= 0.6 is 0 Å². The molecule has 6 heteroatoms. The lowest BCUT2D eigenvalue weighted by Crippen LogP contribution is -2.39. The van der Waals surface area contributed by atoms with E-state index in [0.717, 1.165) is 25.0 Å². The summed E-state index contributed by atoms with van der Waals surface area (Å²) in [6, 6.07) is 4.69. The fourth-order valence-corrected chi connectivity index (χ4v) is 2.28. The van der Waals surface area contributed by atoms with E-state index in [1.165, 1.54) is 6.07 Å². The van der Waals surface area contributed by atoms with E-state index in [0.29, 0.717) is 18.8 Å². The molecular formula is C15H22FN3O2. The fourth-order valence-electron chi connectivity index (χ4n) is 2.28. The largest absolute Gasteiger partial charge is 0.376 e. The minimum Gasteiger partial charge on any atom is -0.376 e. The van der Waals surface area contributed by atoms with Crippen LogP contribution in [0.1, 0.15) is 18.4 Å². The quantitative estimate of drug-likeness (QED) is 0.872. The molecule has 116 valence electrons. The van der Waals surface area contributed by atoms with Crippen LogP contribution in [0.3, 0.4) is 0 Å². The molecule has 0 spiro atoms. The molecule has 2 N–H and O–H groups in total. The maximum atomic E-state index is 13.8. The van der Waals surface area contributed by atoms with E-state index in [9.17, 15) is 9.18 Å². The average molecular weight is 295 g/mol. The topological polar surface area (TPSA) is 53.6 Å². The van der Waals surface area contributed by atoms with Gasteiger partial charge in [0.15, 0.2) is 0 Å². The van der Waals surface area contributed by atoms with Crippen molar-refractivity contribution in [2.24, 2.45) is 0 Å². The number of rotatable bonds is 5. The van der Waals surface area contributed by atoms with Crippen LogP contribution in [-0.4, -0.2) is 39.4 Å². The summed E-state index contributed by atoms with van der Waals surface area (Å²) in [5.41, 5.74) is 1.26. The van der Waals surface area contributed by atoms with Crippen molar-refractivity contribution in [3.63, 3.8) is 0 Å². The maximum Gasteiger partial charge on any atom is 0.315 e. The average Bonchev–Trinajstić information content (AvgIpc) is 2.95. The molecule has 1 saturated heterocycles. The van der Waals surface area contributed by atoms with Gasteiger partial charge in [0.2, 0.25) is 0 Å². The Balaban J connectivity index is 1.76. The number of nitrogens with zero attached hydrogens (tertiary/aromatic N) is 1. The molecule has 2 rings (SSSR count). The van der Waals surface area contributed by atoms with E-state index >= 15 is 0 Å². The summed E-state index contributed by atoms with van der Waals surface area (Å²) >= 11 is 0. The first-order valence-electron chi connectivity index (χ1n) is 7.15. The van der Waals surface area contributed by atoms with Crippen molar-refractivity contribution in [2.75, 3.05) is 32.1 Å². The summed E-state index contributed by atoms with van der Waals surface area (Å²) in [4.78, 5) is 13.4. The third-order valence-corrected chi connectivity index (χ3v) is 3.46. The van der Waals surface area contributed by atoms with E-state index in [-0.39, 0.29) is 18.0 Å². The van der Waals surface area contributed by atoms with Gasteiger partial charge in [0, 0.05) is 33.8 Å². The molecule has 0 saturated carbocycles. The van der Waals surface area contributed by atoms with E-state index in [2.05, 4.69) is 10.6 Å². The summed E-state index contributed by atoms with van der Waals surface area (Å²) in [6.07, 6.45) is 2.15. The molecule has 2 amide bonds. The Morgan fingerprint density at radius 3 is 2.86 bits per heavy atom. The summed E-state index contributed by atoms with van der Waals surface area (Å²) < 4.78 is 19.2. The number of nitrogens with one attached hydrogen (secondary N) is 2. The number of amides is 2. The van der Waals surface area contributed by atoms with Crippen LogP contribution in [0.5, 0.6) is 0 Å². The second kappa shape index (κ2) is 7.26. The lowest BCUT2D eigenvalue weighted by atomic mass is 10.2. The highest BCUT2D eigenvalue weighted by Gasteiger charge is 2.16. The number of urea groups is 1. The van der Waals surface area contributed by atoms with Gasteiger partial charge in [0.05, 0.1) is 11.8 Å². The van der Waals surface area contributed by atoms with Gasteiger partial charge in [-0.25, -0.2) is 9.18 Å². The summed E-state index contributed by atoms with van der Waals surface area (Å²) in [5, 5.41) is 5.47. The van der Waals surface area contributed by atoms with Crippen LogP contribution in [0.2, 0.25) is 0 Å². The number of hydrogen-bond donors (Lipinski definition) is 2. The minimum atomic E-state index is -0.293. The third kappa shape index (κ3) is 4.60. The smallest absolute Gasteiger partial charge is 0.315 e. The monoisotopic (exact) mass is 295 g/mol. The minimum absolute atomic E-state index is 0.118. The Bertz CT molecular complexity index is 488. The lowest BCUT2D eigenvalue weighted by molar-refractivity contribution is 0.111. The molecule has 1 aromatic carbocycles. The van der Waals surface area contributed by atoms with Gasteiger partial charge in [-0.15, -0.1) is 0 Å². The Labute approximate surface area is 124 Å². The van der Waals surface area contributed by atoms with E-state index in [1.807, 2.05) is 0 Å². The Morgan fingerprint density at radius 1 is 1.43 bits per heavy atom. The molecule has 21 heavy (non-hydrogen) atoms. The number of hydrogen-bond acceptors (Lipinski definition) is 3. The molecule has 0 bridgehead atoms. The normalized spacial score (nSPS) is 17.6. The highest BCUT2D eigenvalue weighted by Crippen LogP contribution is 2.18. The molecule has 0 aromatic heterocycles. The predicted octanol–water partition coefficient (Wildman–Crippen LogP) is 1.87. The molecule has 5 nitrogen and oxygen atoms in total. The molecule has 1 aromatic rings. The maximum absolute atomic E-state index is 13.8. The fraction of sp³-hybridized carbons (Fsp3) is 0.533. The molecule has 1 aliphatic rings. The predicted molar refractivity (Wildman–Crippen MR) is 79.9 cm³/mol. The number of benzene rings is 1. The van der Waals surface area contributed by atoms with Crippen molar-refractivity contribution < 1.29 is 13.9 Å². The lowest BCUT2D eigenvalue weighted by Gasteiger charge is -2.15. The molecule has 1 atom stereocenters. The number of ether oxygens (including phenoxy) is 1. The van der Waals surface area contributed by atoms with Gasteiger partial charge in [-0.1, -0.05) is 6.07 Å². The van der Waals surface area contributed by atoms with E-state index in [1.54, 1.807) is 31.1 Å². The first kappa shape index (κ1) is 15.6. The van der Waals surface area contributed by atoms with Gasteiger partial charge in [-0.05, 0) is 30.5 Å². The van der Waals surface area contributed by atoms with Crippen LogP contribution in [0.4, 0.5) is 14.9 Å². The summed E-state index contributed by atoms with van der Waals surface area (Å²) in [7, 11) is 3.57. The van der Waals surface area contributed by atoms with E-state index < -0.39 is 0 Å². The molecule has 1 heterocycles. The van der Waals surface area contributed by atoms with Crippen LogP contribution in [0.15, 0.2) is 18.2 Å². The van der Waals surface area contributed by atoms with Gasteiger partial charge >= 0.3 is 6.03 Å². The van der Waals surface area contributed by atoms with Crippen molar-refractivity contribution in [2.45, 2.75) is 25.5 Å². The van der Waals surface area contributed by atoms with Gasteiger partial charge < -0.3 is 20.3 Å². The van der Waals surface area contributed by atoms with E-state index in [4.69, 9.17) is 4.74 Å². The van der Waals surface area contributed by atoms with Gasteiger partial charge in [0.25, 0.3) is 0 Å². The van der Waals surface area contributed by atoms with Crippen LogP contribution in [0, 0.1) is 5.82 Å². The second-order valence-corrected chi connectivity index (χ2v) is 5.38. The van der Waals surface area contributed by atoms with Gasteiger partial charge in [-0.3, -0.25) is 0 Å². The number of carbonyl (C=O) groups is 1. The van der Waals surface area contributed by atoms with Gasteiger partial charge in [0.1, 0.15) is 5.82 Å². The summed E-state index contributed by atoms with van der Waals surface area (Å²) in [5.74, 6) is -0.293. The second-order valence-electron chi connectivity index (χ2n) is 5.38. The molecular weight excluding hydrogens is 273 g/mol. The number of halogens is 1. The van der Waals surface area contributed by atoms with Crippen LogP contribution in [0.25, 0.3) is 0 Å². The summed E-state index contributed by atoms with van der Waals surface area (Å²) in [6.45, 7) is 1.58. The third-order valence-electron chi connectivity index (χ3n) is 3.46. The van der Waals surface area contributed by atoms with Crippen LogP contribution in [-0.2, 0) is 11.3 Å². The first-order valence-corrected chi connectivity index (χ1v) is 7.15. The van der Waals surface area contributed by atoms with Crippen molar-refractivity contribution in [1.82, 2.24) is 10.6 Å². The molecule has 1 fully saturated rings. The molecule has 0 aliphatic carbocycles. The number of carbonyl (C=O) groups excluding carboxylic acids is 1. The zero-order valence-corrected chi connectivity index (χ0v) is 12.5.